The van der Waals surface area contributed by atoms with Crippen LogP contribution in [0.25, 0.3) is 0 Å². The van der Waals surface area contributed by atoms with Crippen molar-refractivity contribution in [2.45, 2.75) is 39.3 Å². The van der Waals surface area contributed by atoms with Crippen LogP contribution in [-0.2, 0) is 18.5 Å². The Morgan fingerprint density at radius 2 is 2.24 bits per heavy atom. The van der Waals surface area contributed by atoms with Gasteiger partial charge in [0.05, 0.1) is 28.3 Å². The smallest absolute Gasteiger partial charge is 0.0948 e. The molecule has 0 spiro atoms. The number of thiazole rings is 1. The zero-order valence-corrected chi connectivity index (χ0v) is 11.3. The van der Waals surface area contributed by atoms with Gasteiger partial charge in [0.25, 0.3) is 0 Å². The minimum atomic E-state index is -0.353. The Balaban J connectivity index is 2.07. The lowest BCUT2D eigenvalue weighted by atomic mass is 10.0. The highest BCUT2D eigenvalue weighted by atomic mass is 32.1. The average Bonchev–Trinajstić information content (AvgIpc) is 2.81. The van der Waals surface area contributed by atoms with Gasteiger partial charge in [-0.3, -0.25) is 0 Å². The first-order valence-electron chi connectivity index (χ1n) is 5.67. The number of nitrogens with zero attached hydrogens (tertiary/aromatic N) is 3. The van der Waals surface area contributed by atoms with Gasteiger partial charge in [0.15, 0.2) is 0 Å². The first kappa shape index (κ1) is 12.3. The number of nitrogens with two attached hydrogens (primary N) is 1. The lowest BCUT2D eigenvalue weighted by Gasteiger charge is -2.20. The maximum absolute atomic E-state index is 6.10. The minimum absolute atomic E-state index is 0.353. The molecular formula is C12H18N4S. The molecule has 0 amide bonds. The first-order valence-corrected chi connectivity index (χ1v) is 6.55. The second-order valence-electron chi connectivity index (χ2n) is 4.80. The van der Waals surface area contributed by atoms with Crippen molar-refractivity contribution >= 4 is 11.3 Å². The van der Waals surface area contributed by atoms with Gasteiger partial charge < -0.3 is 10.3 Å². The fourth-order valence-electron chi connectivity index (χ4n) is 1.79. The van der Waals surface area contributed by atoms with Crippen LogP contribution in [0.15, 0.2) is 17.9 Å². The Hall–Kier alpha value is -1.20. The molecule has 4 nitrogen and oxygen atoms in total. The summed E-state index contributed by atoms with van der Waals surface area (Å²) in [4.78, 5) is 8.63. The van der Waals surface area contributed by atoms with Gasteiger partial charge in [-0.05, 0) is 20.8 Å². The normalized spacial score (nSPS) is 12.0. The standard InChI is InChI=1S/C12H18N4S/c1-9-15-10(7-17-9)4-5-16-8-14-6-11(16)12(2,3)13/h6-8H,4-5,13H2,1-3H3. The molecule has 0 saturated carbocycles. The lowest BCUT2D eigenvalue weighted by molar-refractivity contribution is 0.491. The Morgan fingerprint density at radius 1 is 1.47 bits per heavy atom. The van der Waals surface area contributed by atoms with E-state index in [0.29, 0.717) is 0 Å². The van der Waals surface area contributed by atoms with Crippen molar-refractivity contribution in [1.29, 1.82) is 0 Å². The van der Waals surface area contributed by atoms with Gasteiger partial charge in [-0.25, -0.2) is 9.97 Å². The summed E-state index contributed by atoms with van der Waals surface area (Å²) in [7, 11) is 0. The van der Waals surface area contributed by atoms with Crippen LogP contribution in [0.3, 0.4) is 0 Å². The number of hydrogen-bond acceptors (Lipinski definition) is 4. The molecule has 2 heterocycles. The van der Waals surface area contributed by atoms with Crippen molar-refractivity contribution in [2.75, 3.05) is 0 Å². The summed E-state index contributed by atoms with van der Waals surface area (Å²) in [6, 6.07) is 0. The summed E-state index contributed by atoms with van der Waals surface area (Å²) >= 11 is 1.69. The van der Waals surface area contributed by atoms with Crippen molar-refractivity contribution in [2.24, 2.45) is 5.73 Å². The van der Waals surface area contributed by atoms with Gasteiger partial charge >= 0.3 is 0 Å². The summed E-state index contributed by atoms with van der Waals surface area (Å²) in [5.41, 5.74) is 7.95. The Labute approximate surface area is 106 Å². The first-order chi connectivity index (χ1) is 7.97. The molecule has 17 heavy (non-hydrogen) atoms. The van der Waals surface area contributed by atoms with Crippen LogP contribution in [0.2, 0.25) is 0 Å². The van der Waals surface area contributed by atoms with E-state index in [-0.39, 0.29) is 5.54 Å². The minimum Gasteiger partial charge on any atom is -0.333 e. The van der Waals surface area contributed by atoms with E-state index in [1.54, 1.807) is 11.3 Å². The van der Waals surface area contributed by atoms with Gasteiger partial charge in [0.2, 0.25) is 0 Å². The molecule has 2 aromatic heterocycles. The molecule has 0 aliphatic heterocycles. The zero-order chi connectivity index (χ0) is 12.5. The van der Waals surface area contributed by atoms with Crippen molar-refractivity contribution < 1.29 is 0 Å². The number of aryl methyl sites for hydroxylation is 3. The highest BCUT2D eigenvalue weighted by Crippen LogP contribution is 2.17. The SMILES string of the molecule is Cc1nc(CCn2cncc2C(C)(C)N)cs1. The van der Waals surface area contributed by atoms with Crippen LogP contribution in [0, 0.1) is 6.92 Å². The highest BCUT2D eigenvalue weighted by molar-refractivity contribution is 7.09. The third kappa shape index (κ3) is 2.92. The molecule has 2 N–H and O–H groups in total. The molecule has 0 fully saturated rings. The quantitative estimate of drug-likeness (QED) is 0.904. The largest absolute Gasteiger partial charge is 0.333 e. The number of rotatable bonds is 4. The average molecular weight is 250 g/mol. The van der Waals surface area contributed by atoms with E-state index >= 15 is 0 Å². The molecule has 5 heteroatoms. The summed E-state index contributed by atoms with van der Waals surface area (Å²) < 4.78 is 2.11. The molecule has 0 aliphatic rings. The molecule has 0 atom stereocenters. The molecule has 0 aliphatic carbocycles. The fourth-order valence-corrected chi connectivity index (χ4v) is 2.44. The van der Waals surface area contributed by atoms with Crippen LogP contribution in [0.5, 0.6) is 0 Å². The van der Waals surface area contributed by atoms with Gasteiger partial charge in [-0.2, -0.15) is 0 Å². The lowest BCUT2D eigenvalue weighted by Crippen LogP contribution is -2.31. The predicted molar refractivity (Wildman–Crippen MR) is 70.0 cm³/mol. The van der Waals surface area contributed by atoms with E-state index in [9.17, 15) is 0 Å². The molecule has 92 valence electrons. The summed E-state index contributed by atoms with van der Waals surface area (Å²) in [5, 5.41) is 3.23. The Morgan fingerprint density at radius 3 is 2.82 bits per heavy atom. The zero-order valence-electron chi connectivity index (χ0n) is 10.5. The van der Waals surface area contributed by atoms with E-state index in [1.807, 2.05) is 33.3 Å². The molecule has 0 aromatic carbocycles. The molecule has 2 aromatic rings. The highest BCUT2D eigenvalue weighted by Gasteiger charge is 2.18. The molecule has 2 rings (SSSR count). The summed E-state index contributed by atoms with van der Waals surface area (Å²) in [6.07, 6.45) is 4.60. The van der Waals surface area contributed by atoms with Gasteiger partial charge in [0.1, 0.15) is 0 Å². The monoisotopic (exact) mass is 250 g/mol. The predicted octanol–water partition coefficient (Wildman–Crippen LogP) is 2.08. The van der Waals surface area contributed by atoms with E-state index in [1.165, 1.54) is 0 Å². The van der Waals surface area contributed by atoms with Crippen LogP contribution in [0.4, 0.5) is 0 Å². The third-order valence-electron chi connectivity index (χ3n) is 2.65. The van der Waals surface area contributed by atoms with E-state index in [4.69, 9.17) is 5.73 Å². The summed E-state index contributed by atoms with van der Waals surface area (Å²) in [6.45, 7) is 6.89. The van der Waals surface area contributed by atoms with E-state index < -0.39 is 0 Å². The van der Waals surface area contributed by atoms with Crippen LogP contribution in [-0.4, -0.2) is 14.5 Å². The molecule has 0 saturated heterocycles. The molecule has 0 bridgehead atoms. The van der Waals surface area contributed by atoms with Crippen molar-refractivity contribution in [1.82, 2.24) is 14.5 Å². The van der Waals surface area contributed by atoms with E-state index in [2.05, 4.69) is 19.9 Å². The van der Waals surface area contributed by atoms with Gasteiger partial charge in [0, 0.05) is 24.5 Å². The van der Waals surface area contributed by atoms with Crippen LogP contribution in [0.1, 0.15) is 30.2 Å². The van der Waals surface area contributed by atoms with Gasteiger partial charge in [-0.1, -0.05) is 0 Å². The maximum Gasteiger partial charge on any atom is 0.0948 e. The Bertz CT molecular complexity index is 493. The molecular weight excluding hydrogens is 232 g/mol. The van der Waals surface area contributed by atoms with Crippen LogP contribution < -0.4 is 5.73 Å². The topological polar surface area (TPSA) is 56.7 Å². The second-order valence-corrected chi connectivity index (χ2v) is 5.86. The third-order valence-corrected chi connectivity index (χ3v) is 3.47. The Kier molecular flexibility index (Phi) is 3.31. The van der Waals surface area contributed by atoms with Gasteiger partial charge in [-0.15, -0.1) is 11.3 Å². The van der Waals surface area contributed by atoms with Crippen molar-refractivity contribution in [3.8, 4) is 0 Å². The number of hydrogen-bond donors (Lipinski definition) is 1. The maximum atomic E-state index is 6.10. The number of aromatic nitrogens is 3. The van der Waals surface area contributed by atoms with E-state index in [0.717, 1.165) is 29.4 Å². The second kappa shape index (κ2) is 4.58. The number of imidazole rings is 1. The molecule has 0 radical (unpaired) electrons. The molecule has 0 unspecified atom stereocenters. The fraction of sp³-hybridized carbons (Fsp3) is 0.500. The van der Waals surface area contributed by atoms with Crippen LogP contribution >= 0.6 is 11.3 Å². The van der Waals surface area contributed by atoms with Crippen molar-refractivity contribution in [3.05, 3.63) is 34.3 Å². The summed E-state index contributed by atoms with van der Waals surface area (Å²) in [5.74, 6) is 0. The van der Waals surface area contributed by atoms with Crippen molar-refractivity contribution in [3.63, 3.8) is 0 Å².